The van der Waals surface area contributed by atoms with Crippen LogP contribution < -0.4 is 10.1 Å². The molecule has 0 saturated carbocycles. The number of nitrogens with one attached hydrogen (secondary N) is 1. The topological polar surface area (TPSA) is 69.7 Å². The molecule has 3 rings (SSSR count). The van der Waals surface area contributed by atoms with E-state index in [1.165, 1.54) is 11.3 Å². The maximum Gasteiger partial charge on any atom is 0.224 e. The SMILES string of the molecule is COc1ccccc1CC(=O)NC1CCOCC1OCc1cscn1. The van der Waals surface area contributed by atoms with Crippen molar-refractivity contribution in [1.82, 2.24) is 10.3 Å². The molecule has 2 heterocycles. The van der Waals surface area contributed by atoms with Crippen LogP contribution in [0, 0.1) is 0 Å². The summed E-state index contributed by atoms with van der Waals surface area (Å²) >= 11 is 1.54. The van der Waals surface area contributed by atoms with Gasteiger partial charge >= 0.3 is 0 Å². The van der Waals surface area contributed by atoms with Crippen LogP contribution in [0.4, 0.5) is 0 Å². The molecule has 0 bridgehead atoms. The molecule has 2 unspecified atom stereocenters. The second-order valence-electron chi connectivity index (χ2n) is 5.86. The molecule has 1 fully saturated rings. The average Bonchev–Trinajstić information content (AvgIpc) is 3.15. The highest BCUT2D eigenvalue weighted by Gasteiger charge is 2.28. The molecule has 0 spiro atoms. The van der Waals surface area contributed by atoms with Gasteiger partial charge in [-0.15, -0.1) is 11.3 Å². The van der Waals surface area contributed by atoms with Crippen LogP contribution in [0.3, 0.4) is 0 Å². The van der Waals surface area contributed by atoms with E-state index in [0.717, 1.165) is 23.4 Å². The molecule has 2 atom stereocenters. The second-order valence-corrected chi connectivity index (χ2v) is 6.57. The second kappa shape index (κ2) is 8.94. The molecule has 2 aromatic rings. The average molecular weight is 362 g/mol. The Bertz CT molecular complexity index is 677. The zero-order valence-corrected chi connectivity index (χ0v) is 15.0. The van der Waals surface area contributed by atoms with E-state index in [9.17, 15) is 4.79 Å². The fourth-order valence-electron chi connectivity index (χ4n) is 2.82. The van der Waals surface area contributed by atoms with Crippen LogP contribution in [0.1, 0.15) is 17.7 Å². The van der Waals surface area contributed by atoms with Gasteiger partial charge in [0.05, 0.1) is 44.0 Å². The number of methoxy groups -OCH3 is 1. The number of para-hydroxylation sites is 1. The zero-order valence-electron chi connectivity index (χ0n) is 14.1. The van der Waals surface area contributed by atoms with E-state index < -0.39 is 0 Å². The number of benzene rings is 1. The minimum absolute atomic E-state index is 0.0429. The Hall–Kier alpha value is -1.96. The first kappa shape index (κ1) is 17.8. The molecular weight excluding hydrogens is 340 g/mol. The summed E-state index contributed by atoms with van der Waals surface area (Å²) < 4.78 is 16.7. The molecule has 6 nitrogen and oxygen atoms in total. The lowest BCUT2D eigenvalue weighted by atomic mass is 10.0. The predicted molar refractivity (Wildman–Crippen MR) is 94.8 cm³/mol. The van der Waals surface area contributed by atoms with E-state index in [1.54, 1.807) is 12.6 Å². The van der Waals surface area contributed by atoms with Gasteiger partial charge in [0.25, 0.3) is 0 Å². The third kappa shape index (κ3) is 5.01. The van der Waals surface area contributed by atoms with Gasteiger partial charge in [-0.2, -0.15) is 0 Å². The van der Waals surface area contributed by atoms with Crippen LogP contribution in [-0.2, 0) is 27.3 Å². The fraction of sp³-hybridized carbons (Fsp3) is 0.444. The van der Waals surface area contributed by atoms with Crippen molar-refractivity contribution in [2.45, 2.75) is 31.6 Å². The standard InChI is InChI=1S/C18H22N2O4S/c1-22-16-5-3-2-4-13(16)8-18(21)20-15-6-7-23-10-17(15)24-9-14-11-25-12-19-14/h2-5,11-12,15,17H,6-10H2,1H3,(H,20,21). The van der Waals surface area contributed by atoms with Gasteiger partial charge in [0.2, 0.25) is 5.91 Å². The quantitative estimate of drug-likeness (QED) is 0.818. The van der Waals surface area contributed by atoms with Gasteiger partial charge in [-0.05, 0) is 12.5 Å². The van der Waals surface area contributed by atoms with E-state index in [-0.39, 0.29) is 24.5 Å². The highest BCUT2D eigenvalue weighted by atomic mass is 32.1. The van der Waals surface area contributed by atoms with E-state index >= 15 is 0 Å². The fourth-order valence-corrected chi connectivity index (χ4v) is 3.37. The summed E-state index contributed by atoms with van der Waals surface area (Å²) in [5, 5.41) is 5.04. The first-order valence-electron chi connectivity index (χ1n) is 8.24. The number of hydrogen-bond acceptors (Lipinski definition) is 6. The number of thiazole rings is 1. The van der Waals surface area contributed by atoms with Crippen molar-refractivity contribution in [2.24, 2.45) is 0 Å². The Morgan fingerprint density at radius 2 is 2.32 bits per heavy atom. The minimum Gasteiger partial charge on any atom is -0.496 e. The summed E-state index contributed by atoms with van der Waals surface area (Å²) in [4.78, 5) is 16.7. The van der Waals surface area contributed by atoms with Crippen molar-refractivity contribution in [2.75, 3.05) is 20.3 Å². The Kier molecular flexibility index (Phi) is 6.38. The number of ether oxygens (including phenoxy) is 3. The molecule has 1 amide bonds. The van der Waals surface area contributed by atoms with Gasteiger partial charge in [0.15, 0.2) is 0 Å². The van der Waals surface area contributed by atoms with Gasteiger partial charge in [-0.1, -0.05) is 18.2 Å². The number of carbonyl (C=O) groups is 1. The maximum atomic E-state index is 12.5. The van der Waals surface area contributed by atoms with Gasteiger partial charge < -0.3 is 19.5 Å². The van der Waals surface area contributed by atoms with Crippen molar-refractivity contribution in [3.63, 3.8) is 0 Å². The lowest BCUT2D eigenvalue weighted by Crippen LogP contribution is -2.50. The molecule has 0 aliphatic carbocycles. The number of hydrogen-bond donors (Lipinski definition) is 1. The first-order valence-corrected chi connectivity index (χ1v) is 9.18. The van der Waals surface area contributed by atoms with Crippen molar-refractivity contribution in [3.8, 4) is 5.75 Å². The Labute approximate surface area is 151 Å². The van der Waals surface area contributed by atoms with Crippen LogP contribution >= 0.6 is 11.3 Å². The summed E-state index contributed by atoms with van der Waals surface area (Å²) in [5.41, 5.74) is 3.55. The van der Waals surface area contributed by atoms with Gasteiger partial charge in [-0.3, -0.25) is 4.79 Å². The number of nitrogens with zero attached hydrogens (tertiary/aromatic N) is 1. The van der Waals surface area contributed by atoms with Gasteiger partial charge in [0, 0.05) is 17.6 Å². The zero-order chi connectivity index (χ0) is 17.5. The lowest BCUT2D eigenvalue weighted by Gasteiger charge is -2.32. The lowest BCUT2D eigenvalue weighted by molar-refractivity contribution is -0.126. The third-order valence-corrected chi connectivity index (χ3v) is 4.76. The van der Waals surface area contributed by atoms with Crippen LogP contribution in [0.25, 0.3) is 0 Å². The number of amides is 1. The Morgan fingerprint density at radius 1 is 1.44 bits per heavy atom. The van der Waals surface area contributed by atoms with Gasteiger partial charge in [0.1, 0.15) is 11.9 Å². The van der Waals surface area contributed by atoms with Crippen molar-refractivity contribution in [3.05, 3.63) is 46.4 Å². The Morgan fingerprint density at radius 3 is 3.12 bits per heavy atom. The maximum absolute atomic E-state index is 12.5. The smallest absolute Gasteiger partial charge is 0.224 e. The highest BCUT2D eigenvalue weighted by molar-refractivity contribution is 7.07. The summed E-state index contributed by atoms with van der Waals surface area (Å²) in [6, 6.07) is 7.49. The van der Waals surface area contributed by atoms with E-state index in [4.69, 9.17) is 14.2 Å². The summed E-state index contributed by atoms with van der Waals surface area (Å²) in [6.07, 6.45) is 0.844. The number of rotatable bonds is 7. The normalized spacial score (nSPS) is 20.2. The number of aromatic nitrogens is 1. The third-order valence-electron chi connectivity index (χ3n) is 4.12. The summed E-state index contributed by atoms with van der Waals surface area (Å²) in [7, 11) is 1.61. The Balaban J connectivity index is 1.56. The van der Waals surface area contributed by atoms with Crippen LogP contribution in [0.2, 0.25) is 0 Å². The molecule has 25 heavy (non-hydrogen) atoms. The summed E-state index contributed by atoms with van der Waals surface area (Å²) in [5.74, 6) is 0.680. The highest BCUT2D eigenvalue weighted by Crippen LogP contribution is 2.19. The van der Waals surface area contributed by atoms with Crippen molar-refractivity contribution >= 4 is 17.2 Å². The largest absolute Gasteiger partial charge is 0.496 e. The van der Waals surface area contributed by atoms with Crippen LogP contribution in [0.15, 0.2) is 35.2 Å². The van der Waals surface area contributed by atoms with Crippen molar-refractivity contribution < 1.29 is 19.0 Å². The molecule has 1 saturated heterocycles. The summed E-state index contributed by atoms with van der Waals surface area (Å²) in [6.45, 7) is 1.52. The van der Waals surface area contributed by atoms with Gasteiger partial charge in [-0.25, -0.2) is 4.98 Å². The molecule has 1 aromatic carbocycles. The molecule has 134 valence electrons. The van der Waals surface area contributed by atoms with Crippen molar-refractivity contribution in [1.29, 1.82) is 0 Å². The molecule has 7 heteroatoms. The predicted octanol–water partition coefficient (Wildman–Crippen LogP) is 2.18. The molecule has 1 N–H and O–H groups in total. The molecule has 1 aliphatic heterocycles. The molecular formula is C18H22N2O4S. The van der Waals surface area contributed by atoms with E-state index in [0.29, 0.717) is 19.8 Å². The monoisotopic (exact) mass is 362 g/mol. The molecule has 1 aliphatic rings. The van der Waals surface area contributed by atoms with Crippen LogP contribution in [0.5, 0.6) is 5.75 Å². The van der Waals surface area contributed by atoms with Crippen LogP contribution in [-0.4, -0.2) is 43.4 Å². The molecule has 1 aromatic heterocycles. The minimum atomic E-state index is -0.169. The first-order chi connectivity index (χ1) is 12.3. The van der Waals surface area contributed by atoms with E-state index in [1.807, 2.05) is 29.6 Å². The van der Waals surface area contributed by atoms with E-state index in [2.05, 4.69) is 10.3 Å². The number of carbonyl (C=O) groups excluding carboxylic acids is 1. The molecule has 0 radical (unpaired) electrons.